The van der Waals surface area contributed by atoms with Gasteiger partial charge in [0.1, 0.15) is 12.1 Å². The van der Waals surface area contributed by atoms with Crippen LogP contribution in [0.4, 0.5) is 4.79 Å². The average Bonchev–Trinajstić information content (AvgIpc) is 2.72. The summed E-state index contributed by atoms with van der Waals surface area (Å²) >= 11 is 0. The molecule has 4 amide bonds. The van der Waals surface area contributed by atoms with Crippen molar-refractivity contribution in [1.82, 2.24) is 15.1 Å². The standard InChI is InChI=1S/C16H21N3O4/c1-16(11-23-3)14(21)19(15(22)17-16)10-13(20)18(2)9-12-7-5-4-6-8-12/h4-8H,9-11H2,1-3H3,(H,17,22)/t16-/m1/s1. The molecule has 0 unspecified atom stereocenters. The van der Waals surface area contributed by atoms with Crippen molar-refractivity contribution in [1.29, 1.82) is 0 Å². The topological polar surface area (TPSA) is 79.0 Å². The Morgan fingerprint density at radius 2 is 1.96 bits per heavy atom. The van der Waals surface area contributed by atoms with E-state index in [-0.39, 0.29) is 19.1 Å². The number of methoxy groups -OCH3 is 1. The quantitative estimate of drug-likeness (QED) is 0.779. The van der Waals surface area contributed by atoms with Crippen LogP contribution < -0.4 is 5.32 Å². The Balaban J connectivity index is 1.99. The summed E-state index contributed by atoms with van der Waals surface area (Å²) in [6, 6.07) is 8.92. The number of benzene rings is 1. The lowest BCUT2D eigenvalue weighted by Crippen LogP contribution is -2.48. The summed E-state index contributed by atoms with van der Waals surface area (Å²) in [5, 5.41) is 2.57. The van der Waals surface area contributed by atoms with E-state index in [1.165, 1.54) is 12.0 Å². The van der Waals surface area contributed by atoms with Gasteiger partial charge in [0.15, 0.2) is 0 Å². The van der Waals surface area contributed by atoms with Crippen molar-refractivity contribution in [3.63, 3.8) is 0 Å². The Bertz CT molecular complexity index is 605. The van der Waals surface area contributed by atoms with Crippen LogP contribution in [0.25, 0.3) is 0 Å². The summed E-state index contributed by atoms with van der Waals surface area (Å²) in [5.74, 6) is -0.759. The van der Waals surface area contributed by atoms with Gasteiger partial charge in [-0.25, -0.2) is 4.79 Å². The number of hydrogen-bond acceptors (Lipinski definition) is 4. The highest BCUT2D eigenvalue weighted by molar-refractivity contribution is 6.08. The molecular weight excluding hydrogens is 298 g/mol. The van der Waals surface area contributed by atoms with Gasteiger partial charge in [0.2, 0.25) is 5.91 Å². The van der Waals surface area contributed by atoms with E-state index in [0.29, 0.717) is 6.54 Å². The molecule has 0 bridgehead atoms. The zero-order valence-corrected chi connectivity index (χ0v) is 13.5. The SMILES string of the molecule is COC[C@@]1(C)NC(=O)N(CC(=O)N(C)Cc2ccccc2)C1=O. The maximum Gasteiger partial charge on any atom is 0.325 e. The molecular formula is C16H21N3O4. The van der Waals surface area contributed by atoms with Crippen molar-refractivity contribution >= 4 is 17.8 Å². The molecule has 7 heteroatoms. The van der Waals surface area contributed by atoms with Gasteiger partial charge in [-0.2, -0.15) is 0 Å². The highest BCUT2D eigenvalue weighted by Gasteiger charge is 2.48. The molecule has 0 radical (unpaired) electrons. The van der Waals surface area contributed by atoms with E-state index in [2.05, 4.69) is 5.32 Å². The second-order valence-corrected chi connectivity index (χ2v) is 5.82. The minimum Gasteiger partial charge on any atom is -0.382 e. The molecule has 1 saturated heterocycles. The molecule has 1 fully saturated rings. The van der Waals surface area contributed by atoms with Crippen LogP contribution in [0.2, 0.25) is 0 Å². The number of carbonyl (C=O) groups excluding carboxylic acids is 3. The average molecular weight is 319 g/mol. The molecule has 1 aliphatic heterocycles. The minimum absolute atomic E-state index is 0.0577. The van der Waals surface area contributed by atoms with Crippen LogP contribution in [0.3, 0.4) is 0 Å². The van der Waals surface area contributed by atoms with Gasteiger partial charge in [-0.3, -0.25) is 14.5 Å². The Labute approximate surface area is 135 Å². The van der Waals surface area contributed by atoms with Crippen LogP contribution in [0.1, 0.15) is 12.5 Å². The summed E-state index contributed by atoms with van der Waals surface area (Å²) in [5.41, 5.74) is -0.144. The Morgan fingerprint density at radius 1 is 1.30 bits per heavy atom. The van der Waals surface area contributed by atoms with Crippen molar-refractivity contribution < 1.29 is 19.1 Å². The number of nitrogens with zero attached hydrogens (tertiary/aromatic N) is 2. The number of imide groups is 1. The van der Waals surface area contributed by atoms with Gasteiger partial charge in [-0.05, 0) is 12.5 Å². The normalized spacial score (nSPS) is 20.6. The van der Waals surface area contributed by atoms with Crippen LogP contribution >= 0.6 is 0 Å². The summed E-state index contributed by atoms with van der Waals surface area (Å²) in [7, 11) is 3.09. The molecule has 124 valence electrons. The lowest BCUT2D eigenvalue weighted by atomic mass is 10.0. The second-order valence-electron chi connectivity index (χ2n) is 5.82. The van der Waals surface area contributed by atoms with Crippen LogP contribution in [0, 0.1) is 0 Å². The highest BCUT2D eigenvalue weighted by atomic mass is 16.5. The first-order valence-corrected chi connectivity index (χ1v) is 7.28. The second kappa shape index (κ2) is 6.78. The maximum atomic E-state index is 12.3. The van der Waals surface area contributed by atoms with Gasteiger partial charge in [0, 0.05) is 20.7 Å². The van der Waals surface area contributed by atoms with Crippen molar-refractivity contribution in [2.24, 2.45) is 0 Å². The number of rotatable bonds is 6. The highest BCUT2D eigenvalue weighted by Crippen LogP contribution is 2.18. The molecule has 7 nitrogen and oxygen atoms in total. The van der Waals surface area contributed by atoms with Crippen LogP contribution in [-0.4, -0.2) is 60.5 Å². The van der Waals surface area contributed by atoms with Gasteiger partial charge in [0.05, 0.1) is 6.61 Å². The van der Waals surface area contributed by atoms with Crippen molar-refractivity contribution in [3.05, 3.63) is 35.9 Å². The summed E-state index contributed by atoms with van der Waals surface area (Å²) < 4.78 is 4.97. The third kappa shape index (κ3) is 3.68. The molecule has 0 saturated carbocycles. The smallest absolute Gasteiger partial charge is 0.325 e. The fraction of sp³-hybridized carbons (Fsp3) is 0.438. The van der Waals surface area contributed by atoms with E-state index in [9.17, 15) is 14.4 Å². The molecule has 0 spiro atoms. The Morgan fingerprint density at radius 3 is 2.57 bits per heavy atom. The zero-order valence-electron chi connectivity index (χ0n) is 13.5. The summed E-state index contributed by atoms with van der Waals surface area (Å²) in [4.78, 5) is 39.0. The van der Waals surface area contributed by atoms with Crippen LogP contribution in [-0.2, 0) is 20.9 Å². The molecule has 1 aromatic rings. The number of hydrogen-bond donors (Lipinski definition) is 1. The van der Waals surface area contributed by atoms with Crippen molar-refractivity contribution in [2.45, 2.75) is 19.0 Å². The maximum absolute atomic E-state index is 12.3. The first-order chi connectivity index (χ1) is 10.9. The molecule has 1 heterocycles. The first-order valence-electron chi connectivity index (χ1n) is 7.28. The molecule has 2 rings (SSSR count). The van der Waals surface area contributed by atoms with Crippen LogP contribution in [0.5, 0.6) is 0 Å². The minimum atomic E-state index is -1.12. The first kappa shape index (κ1) is 17.0. The van der Waals surface area contributed by atoms with Gasteiger partial charge in [-0.15, -0.1) is 0 Å². The van der Waals surface area contributed by atoms with Gasteiger partial charge in [0.25, 0.3) is 5.91 Å². The predicted octanol–water partition coefficient (Wildman–Crippen LogP) is 0.602. The van der Waals surface area contributed by atoms with Gasteiger partial charge >= 0.3 is 6.03 Å². The van der Waals surface area contributed by atoms with E-state index in [4.69, 9.17) is 4.74 Å². The largest absolute Gasteiger partial charge is 0.382 e. The molecule has 1 atom stereocenters. The monoisotopic (exact) mass is 319 g/mol. The van der Waals surface area contributed by atoms with E-state index < -0.39 is 17.5 Å². The number of nitrogens with one attached hydrogen (secondary N) is 1. The number of amides is 4. The van der Waals surface area contributed by atoms with Crippen LogP contribution in [0.15, 0.2) is 30.3 Å². The molecule has 1 aliphatic rings. The summed E-state index contributed by atoms with van der Waals surface area (Å²) in [6.07, 6.45) is 0. The van der Waals surface area contributed by atoms with E-state index in [1.54, 1.807) is 14.0 Å². The lowest BCUT2D eigenvalue weighted by molar-refractivity contribution is -0.139. The molecule has 1 N–H and O–H groups in total. The van der Waals surface area contributed by atoms with Gasteiger partial charge in [-0.1, -0.05) is 30.3 Å². The zero-order chi connectivity index (χ0) is 17.0. The van der Waals surface area contributed by atoms with E-state index in [1.807, 2.05) is 30.3 Å². The molecule has 23 heavy (non-hydrogen) atoms. The number of ether oxygens (including phenoxy) is 1. The number of carbonyl (C=O) groups is 3. The Hall–Kier alpha value is -2.41. The molecule has 1 aromatic carbocycles. The van der Waals surface area contributed by atoms with Crippen molar-refractivity contribution in [3.8, 4) is 0 Å². The third-order valence-electron chi connectivity index (χ3n) is 3.76. The van der Waals surface area contributed by atoms with Crippen molar-refractivity contribution in [2.75, 3.05) is 27.3 Å². The van der Waals surface area contributed by atoms with E-state index >= 15 is 0 Å². The van der Waals surface area contributed by atoms with Gasteiger partial charge < -0.3 is 15.0 Å². The predicted molar refractivity (Wildman–Crippen MR) is 83.4 cm³/mol. The fourth-order valence-electron chi connectivity index (χ4n) is 2.48. The Kier molecular flexibility index (Phi) is 5.00. The fourth-order valence-corrected chi connectivity index (χ4v) is 2.48. The third-order valence-corrected chi connectivity index (χ3v) is 3.76. The number of urea groups is 1. The van der Waals surface area contributed by atoms with E-state index in [0.717, 1.165) is 10.5 Å². The molecule has 0 aliphatic carbocycles. The summed E-state index contributed by atoms with van der Waals surface area (Å²) in [6.45, 7) is 1.77. The number of likely N-dealkylation sites (N-methyl/N-ethyl adjacent to an activating group) is 1. The lowest BCUT2D eigenvalue weighted by Gasteiger charge is -2.22. The molecule has 0 aromatic heterocycles.